The van der Waals surface area contributed by atoms with Crippen LogP contribution in [0.1, 0.15) is 111 Å². The molecule has 1 heterocycles. The summed E-state index contributed by atoms with van der Waals surface area (Å²) in [4.78, 5) is 38.0. The molecule has 0 bridgehead atoms. The van der Waals surface area contributed by atoms with E-state index in [4.69, 9.17) is 5.11 Å². The topological polar surface area (TPSA) is 86.7 Å². The molecule has 2 N–H and O–H groups in total. The Labute approximate surface area is 209 Å². The van der Waals surface area contributed by atoms with Crippen molar-refractivity contribution in [1.82, 2.24) is 4.90 Å². The van der Waals surface area contributed by atoms with Crippen molar-refractivity contribution < 1.29 is 19.5 Å². The van der Waals surface area contributed by atoms with Crippen LogP contribution in [0.5, 0.6) is 0 Å². The number of unbranched alkanes of at least 4 members (excludes halogenated alkanes) is 10. The third kappa shape index (κ3) is 7.30. The highest BCUT2D eigenvalue weighted by molar-refractivity contribution is 6.26. The largest absolute Gasteiger partial charge is 0.481 e. The molecule has 3 rings (SSSR count). The monoisotopic (exact) mass is 480 g/mol. The number of benzene rings is 2. The van der Waals surface area contributed by atoms with Gasteiger partial charge in [-0.1, -0.05) is 83.3 Å². The predicted octanol–water partition coefficient (Wildman–Crippen LogP) is 7.02. The first-order valence-corrected chi connectivity index (χ1v) is 13.4. The number of imide groups is 1. The Morgan fingerprint density at radius 3 is 2.03 bits per heavy atom. The lowest BCUT2D eigenvalue weighted by molar-refractivity contribution is -0.137. The Hall–Kier alpha value is -2.89. The van der Waals surface area contributed by atoms with Crippen LogP contribution in [0.25, 0.3) is 10.8 Å². The average molecular weight is 481 g/mol. The summed E-state index contributed by atoms with van der Waals surface area (Å²) in [5.41, 5.74) is 1.95. The fourth-order valence-corrected chi connectivity index (χ4v) is 4.90. The summed E-state index contributed by atoms with van der Waals surface area (Å²) in [7, 11) is 0. The lowest BCUT2D eigenvalue weighted by Crippen LogP contribution is -2.41. The molecule has 2 aromatic carbocycles. The SMILES string of the molecule is CCCCCCCCCCCCCNc1ccc2c3c(cccc13)C(=O)N(CCCC(=O)O)C2=O. The predicted molar refractivity (Wildman–Crippen MR) is 141 cm³/mol. The Balaban J connectivity index is 1.50. The number of carboxylic acid groups (broad SMARTS) is 1. The number of amides is 2. The van der Waals surface area contributed by atoms with Crippen LogP contribution in [0.3, 0.4) is 0 Å². The summed E-state index contributed by atoms with van der Waals surface area (Å²) >= 11 is 0. The number of hydrogen-bond acceptors (Lipinski definition) is 4. The van der Waals surface area contributed by atoms with Crippen molar-refractivity contribution in [3.8, 4) is 0 Å². The van der Waals surface area contributed by atoms with Gasteiger partial charge in [-0.3, -0.25) is 19.3 Å². The van der Waals surface area contributed by atoms with Gasteiger partial charge in [-0.2, -0.15) is 0 Å². The van der Waals surface area contributed by atoms with Crippen LogP contribution in [-0.2, 0) is 4.79 Å². The summed E-state index contributed by atoms with van der Waals surface area (Å²) < 4.78 is 0. The van der Waals surface area contributed by atoms with Crippen LogP contribution in [0.4, 0.5) is 5.69 Å². The van der Waals surface area contributed by atoms with Crippen molar-refractivity contribution >= 4 is 34.2 Å². The third-order valence-electron chi connectivity index (χ3n) is 6.86. The van der Waals surface area contributed by atoms with Crippen LogP contribution in [0.2, 0.25) is 0 Å². The van der Waals surface area contributed by atoms with Crippen LogP contribution in [-0.4, -0.2) is 40.9 Å². The first-order chi connectivity index (χ1) is 17.0. The Kier molecular flexibility index (Phi) is 10.6. The molecule has 0 spiro atoms. The van der Waals surface area contributed by atoms with E-state index in [-0.39, 0.29) is 31.2 Å². The zero-order valence-electron chi connectivity index (χ0n) is 21.1. The van der Waals surface area contributed by atoms with Crippen molar-refractivity contribution in [2.24, 2.45) is 0 Å². The minimum absolute atomic E-state index is 0.0734. The number of hydrogen-bond donors (Lipinski definition) is 2. The summed E-state index contributed by atoms with van der Waals surface area (Å²) in [5.74, 6) is -1.63. The van der Waals surface area contributed by atoms with Gasteiger partial charge in [-0.15, -0.1) is 0 Å². The molecule has 0 unspecified atom stereocenters. The maximum Gasteiger partial charge on any atom is 0.303 e. The second-order valence-corrected chi connectivity index (χ2v) is 9.61. The van der Waals surface area contributed by atoms with Crippen LogP contribution < -0.4 is 5.32 Å². The van der Waals surface area contributed by atoms with Crippen molar-refractivity contribution in [3.63, 3.8) is 0 Å². The Morgan fingerprint density at radius 2 is 1.40 bits per heavy atom. The van der Waals surface area contributed by atoms with Gasteiger partial charge in [-0.05, 0) is 31.0 Å². The van der Waals surface area contributed by atoms with E-state index in [1.807, 2.05) is 18.2 Å². The molecular formula is C29H40N2O4. The standard InChI is InChI=1S/C29H40N2O4/c1-2-3-4-5-6-7-8-9-10-11-12-20-30-25-19-18-24-27-22(25)15-13-16-23(27)28(34)31(29(24)35)21-14-17-26(32)33/h13,15-16,18-19,30H,2-12,14,17,20-21H2,1H3,(H,32,33). The van der Waals surface area contributed by atoms with Gasteiger partial charge in [0.2, 0.25) is 0 Å². The van der Waals surface area contributed by atoms with Crippen LogP contribution in [0.15, 0.2) is 30.3 Å². The number of nitrogens with one attached hydrogen (secondary N) is 1. The summed E-state index contributed by atoms with van der Waals surface area (Å²) in [6, 6.07) is 9.25. The minimum Gasteiger partial charge on any atom is -0.481 e. The fraction of sp³-hybridized carbons (Fsp3) is 0.552. The van der Waals surface area contributed by atoms with E-state index >= 15 is 0 Å². The van der Waals surface area contributed by atoms with Gasteiger partial charge >= 0.3 is 5.97 Å². The third-order valence-corrected chi connectivity index (χ3v) is 6.86. The van der Waals surface area contributed by atoms with Crippen molar-refractivity contribution in [2.45, 2.75) is 90.4 Å². The minimum atomic E-state index is -0.932. The fourth-order valence-electron chi connectivity index (χ4n) is 4.90. The first-order valence-electron chi connectivity index (χ1n) is 13.4. The van der Waals surface area contributed by atoms with Gasteiger partial charge in [0.15, 0.2) is 0 Å². The average Bonchev–Trinajstić information content (AvgIpc) is 2.85. The van der Waals surface area contributed by atoms with E-state index in [0.29, 0.717) is 16.5 Å². The number of anilines is 1. The molecule has 0 fully saturated rings. The normalized spacial score (nSPS) is 13.0. The molecule has 0 aliphatic carbocycles. The molecule has 6 heteroatoms. The highest BCUT2D eigenvalue weighted by Gasteiger charge is 2.32. The van der Waals surface area contributed by atoms with Gasteiger partial charge in [0.25, 0.3) is 11.8 Å². The molecule has 35 heavy (non-hydrogen) atoms. The van der Waals surface area contributed by atoms with Crippen molar-refractivity contribution in [3.05, 3.63) is 41.5 Å². The zero-order chi connectivity index (χ0) is 25.0. The molecule has 0 saturated carbocycles. The highest BCUT2D eigenvalue weighted by Crippen LogP contribution is 2.34. The molecule has 6 nitrogen and oxygen atoms in total. The van der Waals surface area contributed by atoms with Gasteiger partial charge in [0, 0.05) is 47.1 Å². The smallest absolute Gasteiger partial charge is 0.303 e. The zero-order valence-corrected chi connectivity index (χ0v) is 21.1. The molecule has 0 radical (unpaired) electrons. The number of carbonyl (C=O) groups excluding carboxylic acids is 2. The second kappa shape index (κ2) is 13.9. The van der Waals surface area contributed by atoms with Crippen molar-refractivity contribution in [1.29, 1.82) is 0 Å². The van der Waals surface area contributed by atoms with Crippen LogP contribution in [0, 0.1) is 0 Å². The summed E-state index contributed by atoms with van der Waals surface area (Å²) in [5, 5.41) is 14.0. The molecule has 0 saturated heterocycles. The molecule has 0 aromatic heterocycles. The van der Waals surface area contributed by atoms with E-state index in [9.17, 15) is 14.4 Å². The van der Waals surface area contributed by atoms with E-state index in [1.54, 1.807) is 12.1 Å². The second-order valence-electron chi connectivity index (χ2n) is 9.61. The lowest BCUT2D eigenvalue weighted by atomic mass is 9.93. The van der Waals surface area contributed by atoms with Gasteiger partial charge in [0.05, 0.1) is 0 Å². The summed E-state index contributed by atoms with van der Waals surface area (Å²) in [6.07, 6.45) is 14.5. The molecular weight excluding hydrogens is 440 g/mol. The lowest BCUT2D eigenvalue weighted by Gasteiger charge is -2.27. The van der Waals surface area contributed by atoms with Gasteiger partial charge in [-0.25, -0.2) is 0 Å². The quantitative estimate of drug-likeness (QED) is 0.188. The number of nitrogens with zero attached hydrogens (tertiary/aromatic N) is 1. The van der Waals surface area contributed by atoms with E-state index in [1.165, 1.54) is 69.1 Å². The molecule has 2 aromatic rings. The van der Waals surface area contributed by atoms with E-state index in [0.717, 1.165) is 24.0 Å². The van der Waals surface area contributed by atoms with Crippen LogP contribution >= 0.6 is 0 Å². The van der Waals surface area contributed by atoms with E-state index < -0.39 is 5.97 Å². The highest BCUT2D eigenvalue weighted by atomic mass is 16.4. The number of rotatable bonds is 17. The molecule has 1 aliphatic heterocycles. The summed E-state index contributed by atoms with van der Waals surface area (Å²) in [6.45, 7) is 3.22. The maximum atomic E-state index is 13.0. The Bertz CT molecular complexity index is 995. The first kappa shape index (κ1) is 26.7. The van der Waals surface area contributed by atoms with Gasteiger partial charge < -0.3 is 10.4 Å². The molecule has 2 amide bonds. The van der Waals surface area contributed by atoms with E-state index in [2.05, 4.69) is 12.2 Å². The number of carbonyl (C=O) groups is 3. The molecule has 1 aliphatic rings. The molecule has 0 atom stereocenters. The number of aliphatic carboxylic acids is 1. The maximum absolute atomic E-state index is 13.0. The van der Waals surface area contributed by atoms with Crippen molar-refractivity contribution in [2.75, 3.05) is 18.4 Å². The number of carboxylic acids is 1. The Morgan fingerprint density at radius 1 is 0.800 bits per heavy atom. The van der Waals surface area contributed by atoms with Gasteiger partial charge in [0.1, 0.15) is 0 Å². The molecule has 190 valence electrons.